The van der Waals surface area contributed by atoms with Gasteiger partial charge in [-0.3, -0.25) is 4.79 Å². The summed E-state index contributed by atoms with van der Waals surface area (Å²) in [6, 6.07) is 5.38. The van der Waals surface area contributed by atoms with Gasteiger partial charge < -0.3 is 10.5 Å². The molecule has 1 amide bonds. The summed E-state index contributed by atoms with van der Waals surface area (Å²) in [5.41, 5.74) is 0. The molecule has 0 saturated heterocycles. The first-order valence-electron chi connectivity index (χ1n) is 7.09. The van der Waals surface area contributed by atoms with Crippen LogP contribution in [-0.2, 0) is 4.79 Å². The topological polar surface area (TPSA) is 56.0 Å². The van der Waals surface area contributed by atoms with E-state index in [2.05, 4.69) is 19.2 Å². The van der Waals surface area contributed by atoms with Gasteiger partial charge in [-0.25, -0.2) is 0 Å². The van der Waals surface area contributed by atoms with Gasteiger partial charge in [-0.05, 0) is 37.1 Å². The van der Waals surface area contributed by atoms with Gasteiger partial charge in [0.2, 0.25) is 5.91 Å². The fourth-order valence-electron chi connectivity index (χ4n) is 1.88. The van der Waals surface area contributed by atoms with E-state index >= 15 is 0 Å². The number of rotatable bonds is 8. The average Bonchev–Trinajstić information content (AvgIpc) is 2.37. The van der Waals surface area contributed by atoms with Gasteiger partial charge in [-0.1, -0.05) is 26.7 Å². The van der Waals surface area contributed by atoms with E-state index in [-0.39, 0.29) is 17.7 Å². The molecule has 1 aromatic heterocycles. The molecule has 0 aliphatic rings. The maximum absolute atomic E-state index is 11.8. The van der Waals surface area contributed by atoms with Crippen LogP contribution in [0.25, 0.3) is 0 Å². The fraction of sp³-hybridized carbons (Fsp3) is 0.600. The molecule has 0 bridgehead atoms. The van der Waals surface area contributed by atoms with Crippen molar-refractivity contribution in [1.82, 2.24) is 5.32 Å². The van der Waals surface area contributed by atoms with Crippen LogP contribution in [0.3, 0.4) is 0 Å². The highest BCUT2D eigenvalue weighted by molar-refractivity contribution is 7.99. The van der Waals surface area contributed by atoms with Crippen molar-refractivity contribution in [3.05, 3.63) is 29.6 Å². The van der Waals surface area contributed by atoms with E-state index in [9.17, 15) is 10.0 Å². The van der Waals surface area contributed by atoms with Gasteiger partial charge in [0.05, 0.1) is 5.75 Å². The van der Waals surface area contributed by atoms with E-state index < -0.39 is 0 Å². The van der Waals surface area contributed by atoms with E-state index in [0.717, 1.165) is 17.6 Å². The van der Waals surface area contributed by atoms with E-state index in [0.29, 0.717) is 10.9 Å². The number of pyridine rings is 1. The Bertz CT molecular complexity index is 424. The van der Waals surface area contributed by atoms with Gasteiger partial charge in [0, 0.05) is 18.2 Å². The lowest BCUT2D eigenvalue weighted by molar-refractivity contribution is -0.645. The second-order valence-corrected chi connectivity index (χ2v) is 6.44. The minimum atomic E-state index is -0.0177. The summed E-state index contributed by atoms with van der Waals surface area (Å²) in [5, 5.41) is 14.9. The number of aromatic nitrogens is 1. The van der Waals surface area contributed by atoms with Gasteiger partial charge >= 0.3 is 0 Å². The van der Waals surface area contributed by atoms with Crippen LogP contribution in [0.4, 0.5) is 0 Å². The molecule has 0 aliphatic heterocycles. The van der Waals surface area contributed by atoms with Crippen molar-refractivity contribution >= 4 is 17.7 Å². The normalized spacial score (nSPS) is 12.4. The molecule has 1 N–H and O–H groups in total. The molecule has 0 spiro atoms. The first-order chi connectivity index (χ1) is 9.49. The van der Waals surface area contributed by atoms with Gasteiger partial charge in [-0.2, -0.15) is 4.73 Å². The van der Waals surface area contributed by atoms with Crippen molar-refractivity contribution < 1.29 is 9.52 Å². The SMILES string of the molecule is CC(C)CCCC(C)NC(=O)CSc1cccc[n+]1[O-]. The lowest BCUT2D eigenvalue weighted by Crippen LogP contribution is -2.34. The second kappa shape index (κ2) is 8.84. The van der Waals surface area contributed by atoms with Crippen molar-refractivity contribution in [1.29, 1.82) is 0 Å². The number of carbonyl (C=O) groups excluding carboxylic acids is 1. The summed E-state index contributed by atoms with van der Waals surface area (Å²) in [4.78, 5) is 11.8. The molecule has 20 heavy (non-hydrogen) atoms. The third kappa shape index (κ3) is 6.80. The molecule has 1 heterocycles. The molecule has 1 aromatic rings. The predicted molar refractivity (Wildman–Crippen MR) is 82.4 cm³/mol. The van der Waals surface area contributed by atoms with Crippen molar-refractivity contribution in [2.24, 2.45) is 5.92 Å². The largest absolute Gasteiger partial charge is 0.618 e. The molecular weight excluding hydrogens is 272 g/mol. The molecule has 1 unspecified atom stereocenters. The highest BCUT2D eigenvalue weighted by Crippen LogP contribution is 2.12. The van der Waals surface area contributed by atoms with Crippen LogP contribution in [0, 0.1) is 11.1 Å². The highest BCUT2D eigenvalue weighted by Gasteiger charge is 2.11. The fourth-order valence-corrected chi connectivity index (χ4v) is 2.61. The zero-order valence-corrected chi connectivity index (χ0v) is 13.3. The Balaban J connectivity index is 2.24. The number of nitrogens with zero attached hydrogens (tertiary/aromatic N) is 1. The molecule has 0 saturated carbocycles. The Morgan fingerprint density at radius 3 is 2.75 bits per heavy atom. The Kier molecular flexibility index (Phi) is 7.44. The molecule has 5 heteroatoms. The maximum Gasteiger partial charge on any atom is 0.251 e. The molecule has 4 nitrogen and oxygen atoms in total. The second-order valence-electron chi connectivity index (χ2n) is 5.45. The molecule has 1 rings (SSSR count). The minimum absolute atomic E-state index is 0.0177. The number of thioether (sulfide) groups is 1. The van der Waals surface area contributed by atoms with Crippen LogP contribution in [0.1, 0.15) is 40.0 Å². The van der Waals surface area contributed by atoms with Crippen LogP contribution < -0.4 is 10.0 Å². The third-order valence-corrected chi connectivity index (χ3v) is 3.98. The van der Waals surface area contributed by atoms with E-state index in [1.165, 1.54) is 24.4 Å². The number of hydrogen-bond donors (Lipinski definition) is 1. The van der Waals surface area contributed by atoms with Gasteiger partial charge in [0.25, 0.3) is 5.03 Å². The summed E-state index contributed by atoms with van der Waals surface area (Å²) in [6.45, 7) is 6.44. The van der Waals surface area contributed by atoms with Gasteiger partial charge in [0.1, 0.15) is 0 Å². The highest BCUT2D eigenvalue weighted by atomic mass is 32.2. The van der Waals surface area contributed by atoms with Crippen LogP contribution in [-0.4, -0.2) is 17.7 Å². The van der Waals surface area contributed by atoms with Crippen molar-refractivity contribution in [2.75, 3.05) is 5.75 Å². The predicted octanol–water partition coefficient (Wildman–Crippen LogP) is 2.74. The number of hydrogen-bond acceptors (Lipinski definition) is 3. The zero-order chi connectivity index (χ0) is 15.0. The molecule has 0 aliphatic carbocycles. The number of amides is 1. The van der Waals surface area contributed by atoms with Gasteiger partial charge in [0.15, 0.2) is 6.20 Å². The smallest absolute Gasteiger partial charge is 0.251 e. The van der Waals surface area contributed by atoms with Gasteiger partial charge in [-0.15, -0.1) is 0 Å². The van der Waals surface area contributed by atoms with Crippen LogP contribution in [0.15, 0.2) is 29.4 Å². The van der Waals surface area contributed by atoms with Crippen LogP contribution in [0.2, 0.25) is 0 Å². The standard InChI is InChI=1S/C15H24N2O2S/c1-12(2)7-6-8-13(3)16-14(18)11-20-15-9-4-5-10-17(15)19/h4-5,9-10,12-13H,6-8,11H2,1-3H3,(H,16,18). The maximum atomic E-state index is 11.8. The molecule has 1 atom stereocenters. The van der Waals surface area contributed by atoms with Crippen LogP contribution in [0.5, 0.6) is 0 Å². The lowest BCUT2D eigenvalue weighted by atomic mass is 10.0. The Morgan fingerprint density at radius 1 is 1.35 bits per heavy atom. The number of carbonyl (C=O) groups is 1. The summed E-state index contributed by atoms with van der Waals surface area (Å²) in [7, 11) is 0. The first kappa shape index (κ1) is 16.8. The van der Waals surface area contributed by atoms with E-state index in [1.807, 2.05) is 6.92 Å². The molecule has 0 fully saturated rings. The number of nitrogens with one attached hydrogen (secondary N) is 1. The van der Waals surface area contributed by atoms with Crippen molar-refractivity contribution in [3.63, 3.8) is 0 Å². The van der Waals surface area contributed by atoms with Crippen molar-refractivity contribution in [3.8, 4) is 0 Å². The average molecular weight is 296 g/mol. The summed E-state index contributed by atoms with van der Waals surface area (Å²) < 4.78 is 0.782. The monoisotopic (exact) mass is 296 g/mol. The van der Waals surface area contributed by atoms with E-state index in [4.69, 9.17) is 0 Å². The minimum Gasteiger partial charge on any atom is -0.618 e. The molecular formula is C15H24N2O2S. The van der Waals surface area contributed by atoms with E-state index in [1.54, 1.807) is 18.2 Å². The first-order valence-corrected chi connectivity index (χ1v) is 8.08. The Morgan fingerprint density at radius 2 is 2.10 bits per heavy atom. The summed E-state index contributed by atoms with van der Waals surface area (Å²) >= 11 is 1.26. The van der Waals surface area contributed by atoms with Crippen molar-refractivity contribution in [2.45, 2.75) is 51.1 Å². The molecule has 0 radical (unpaired) electrons. The lowest BCUT2D eigenvalue weighted by Gasteiger charge is -2.14. The third-order valence-electron chi connectivity index (χ3n) is 2.97. The summed E-state index contributed by atoms with van der Waals surface area (Å²) in [5.74, 6) is 0.968. The quantitative estimate of drug-likeness (QED) is 0.456. The Labute approximate surface area is 125 Å². The summed E-state index contributed by atoms with van der Waals surface area (Å²) in [6.07, 6.45) is 4.76. The molecule has 112 valence electrons. The Hall–Kier alpha value is -1.23. The van der Waals surface area contributed by atoms with Crippen LogP contribution >= 0.6 is 11.8 Å². The molecule has 0 aromatic carbocycles. The zero-order valence-electron chi connectivity index (χ0n) is 12.5.